The lowest BCUT2D eigenvalue weighted by molar-refractivity contribution is 0.0362. The van der Waals surface area contributed by atoms with E-state index in [1.807, 2.05) is 67.0 Å². The monoisotopic (exact) mass is 425 g/mol. The third kappa shape index (κ3) is 5.17. The van der Waals surface area contributed by atoms with E-state index in [2.05, 4.69) is 42.2 Å². The van der Waals surface area contributed by atoms with Gasteiger partial charge in [-0.3, -0.25) is 4.98 Å². The molecule has 1 aliphatic carbocycles. The highest BCUT2D eigenvalue weighted by Crippen LogP contribution is 2.42. The molecular formula is C29H31NO2. The van der Waals surface area contributed by atoms with E-state index in [-0.39, 0.29) is 5.92 Å². The van der Waals surface area contributed by atoms with Gasteiger partial charge in [-0.05, 0) is 66.3 Å². The Hall–Kier alpha value is -3.17. The molecule has 0 radical (unpaired) electrons. The second kappa shape index (κ2) is 10.4. The lowest BCUT2D eigenvalue weighted by Gasteiger charge is -2.36. The molecule has 2 aromatic carbocycles. The molecule has 3 heteroatoms. The van der Waals surface area contributed by atoms with Gasteiger partial charge in [0.25, 0.3) is 0 Å². The third-order valence-electron chi connectivity index (χ3n) is 6.11. The van der Waals surface area contributed by atoms with Crippen molar-refractivity contribution in [3.63, 3.8) is 0 Å². The molecule has 0 fully saturated rings. The SMILES string of the molecule is CCCc1ccc(OCc2ccccc2)c(C2(O)C=CC=CC2CCc2ccncc2)c1. The van der Waals surface area contributed by atoms with Crippen molar-refractivity contribution in [1.29, 1.82) is 0 Å². The summed E-state index contributed by atoms with van der Waals surface area (Å²) < 4.78 is 6.26. The maximum absolute atomic E-state index is 12.0. The summed E-state index contributed by atoms with van der Waals surface area (Å²) in [7, 11) is 0. The molecule has 4 rings (SSSR count). The summed E-state index contributed by atoms with van der Waals surface area (Å²) in [6, 6.07) is 20.5. The van der Waals surface area contributed by atoms with Crippen molar-refractivity contribution in [1.82, 2.24) is 4.98 Å². The van der Waals surface area contributed by atoms with Crippen LogP contribution in [0, 0.1) is 5.92 Å². The molecule has 3 nitrogen and oxygen atoms in total. The molecule has 1 heterocycles. The lowest BCUT2D eigenvalue weighted by atomic mass is 9.75. The molecule has 2 atom stereocenters. The molecule has 164 valence electrons. The summed E-state index contributed by atoms with van der Waals surface area (Å²) in [6.45, 7) is 2.65. The van der Waals surface area contributed by atoms with Gasteiger partial charge in [-0.1, -0.05) is 68.0 Å². The third-order valence-corrected chi connectivity index (χ3v) is 6.11. The van der Waals surface area contributed by atoms with Gasteiger partial charge >= 0.3 is 0 Å². The van der Waals surface area contributed by atoms with E-state index in [0.29, 0.717) is 6.61 Å². The number of hydrogen-bond donors (Lipinski definition) is 1. The summed E-state index contributed by atoms with van der Waals surface area (Å²) in [4.78, 5) is 4.11. The highest BCUT2D eigenvalue weighted by atomic mass is 16.5. The van der Waals surface area contributed by atoms with Crippen LogP contribution in [-0.4, -0.2) is 10.1 Å². The van der Waals surface area contributed by atoms with E-state index in [0.717, 1.165) is 42.6 Å². The molecule has 0 spiro atoms. The highest BCUT2D eigenvalue weighted by Gasteiger charge is 2.38. The average molecular weight is 426 g/mol. The van der Waals surface area contributed by atoms with Crippen LogP contribution in [0.25, 0.3) is 0 Å². The fraction of sp³-hybridized carbons (Fsp3) is 0.276. The second-order valence-corrected chi connectivity index (χ2v) is 8.42. The van der Waals surface area contributed by atoms with Gasteiger partial charge in [0.1, 0.15) is 18.0 Å². The van der Waals surface area contributed by atoms with E-state index in [1.165, 1.54) is 11.1 Å². The molecule has 0 saturated heterocycles. The van der Waals surface area contributed by atoms with E-state index in [4.69, 9.17) is 4.74 Å². The van der Waals surface area contributed by atoms with Crippen LogP contribution in [0.15, 0.2) is 97.4 Å². The lowest BCUT2D eigenvalue weighted by Crippen LogP contribution is -2.34. The predicted octanol–water partition coefficient (Wildman–Crippen LogP) is 6.18. The summed E-state index contributed by atoms with van der Waals surface area (Å²) in [5.74, 6) is 0.696. The zero-order valence-corrected chi connectivity index (χ0v) is 18.7. The smallest absolute Gasteiger partial charge is 0.126 e. The average Bonchev–Trinajstić information content (AvgIpc) is 2.84. The standard InChI is InChI=1S/C29H31NO2/c1-2-8-24-13-15-28(32-22-25-9-4-3-5-10-25)27(21-24)29(31)18-7-6-11-26(29)14-12-23-16-19-30-20-17-23/h3-7,9-11,13,15-21,26,31H,2,8,12,14,22H2,1H3. The minimum Gasteiger partial charge on any atom is -0.488 e. The molecule has 0 amide bonds. The summed E-state index contributed by atoms with van der Waals surface area (Å²) in [5.41, 5.74) is 3.29. The zero-order valence-electron chi connectivity index (χ0n) is 18.7. The Labute approximate surface area is 191 Å². The van der Waals surface area contributed by atoms with Crippen molar-refractivity contribution in [2.75, 3.05) is 0 Å². The number of aromatic nitrogens is 1. The van der Waals surface area contributed by atoms with E-state index >= 15 is 0 Å². The molecule has 1 aliphatic rings. The second-order valence-electron chi connectivity index (χ2n) is 8.42. The van der Waals surface area contributed by atoms with E-state index < -0.39 is 5.60 Å². The van der Waals surface area contributed by atoms with Crippen LogP contribution in [0.4, 0.5) is 0 Å². The molecule has 3 aromatic rings. The summed E-state index contributed by atoms with van der Waals surface area (Å²) in [6.07, 6.45) is 15.4. The summed E-state index contributed by atoms with van der Waals surface area (Å²) >= 11 is 0. The molecule has 0 saturated carbocycles. The van der Waals surface area contributed by atoms with Crippen molar-refractivity contribution in [3.05, 3.63) is 120 Å². The van der Waals surface area contributed by atoms with Crippen molar-refractivity contribution in [2.24, 2.45) is 5.92 Å². The number of benzene rings is 2. The number of ether oxygens (including phenoxy) is 1. The maximum Gasteiger partial charge on any atom is 0.126 e. The Bertz CT molecular complexity index is 1060. The number of aryl methyl sites for hydroxylation is 2. The Kier molecular flexibility index (Phi) is 7.18. The van der Waals surface area contributed by atoms with Gasteiger partial charge in [0.05, 0.1) is 0 Å². The van der Waals surface area contributed by atoms with Gasteiger partial charge in [0, 0.05) is 23.9 Å². The molecule has 32 heavy (non-hydrogen) atoms. The Balaban J connectivity index is 1.63. The number of nitrogens with zero attached hydrogens (tertiary/aromatic N) is 1. The summed E-state index contributed by atoms with van der Waals surface area (Å²) in [5, 5.41) is 12.0. The van der Waals surface area contributed by atoms with Gasteiger partial charge in [0.2, 0.25) is 0 Å². The highest BCUT2D eigenvalue weighted by molar-refractivity contribution is 5.46. The minimum absolute atomic E-state index is 0.0448. The normalized spacial score (nSPS) is 19.8. The van der Waals surface area contributed by atoms with Gasteiger partial charge in [-0.25, -0.2) is 0 Å². The number of pyridine rings is 1. The van der Waals surface area contributed by atoms with Crippen LogP contribution >= 0.6 is 0 Å². The first-order valence-electron chi connectivity index (χ1n) is 11.5. The van der Waals surface area contributed by atoms with Gasteiger partial charge in [-0.15, -0.1) is 0 Å². The predicted molar refractivity (Wildman–Crippen MR) is 129 cm³/mol. The number of allylic oxidation sites excluding steroid dienone is 2. The Morgan fingerprint density at radius 3 is 2.50 bits per heavy atom. The molecule has 1 aromatic heterocycles. The number of hydrogen-bond acceptors (Lipinski definition) is 3. The van der Waals surface area contributed by atoms with Crippen molar-refractivity contribution in [2.45, 2.75) is 44.8 Å². The zero-order chi connectivity index (χ0) is 22.2. The van der Waals surface area contributed by atoms with Crippen LogP contribution < -0.4 is 4.74 Å². The van der Waals surface area contributed by atoms with Crippen LogP contribution in [0.2, 0.25) is 0 Å². The van der Waals surface area contributed by atoms with E-state index in [1.54, 1.807) is 0 Å². The Morgan fingerprint density at radius 2 is 1.72 bits per heavy atom. The van der Waals surface area contributed by atoms with Crippen LogP contribution in [0.1, 0.15) is 42.0 Å². The maximum atomic E-state index is 12.0. The molecule has 0 aliphatic heterocycles. The fourth-order valence-electron chi connectivity index (χ4n) is 4.34. The van der Waals surface area contributed by atoms with Crippen LogP contribution in [-0.2, 0) is 25.0 Å². The van der Waals surface area contributed by atoms with Gasteiger partial charge in [-0.2, -0.15) is 0 Å². The fourth-order valence-corrected chi connectivity index (χ4v) is 4.34. The number of rotatable bonds is 9. The first-order valence-corrected chi connectivity index (χ1v) is 11.5. The minimum atomic E-state index is -1.11. The first kappa shape index (κ1) is 22.0. The van der Waals surface area contributed by atoms with E-state index in [9.17, 15) is 5.11 Å². The number of aliphatic hydroxyl groups is 1. The molecule has 0 bridgehead atoms. The largest absolute Gasteiger partial charge is 0.488 e. The molecule has 2 unspecified atom stereocenters. The van der Waals surface area contributed by atoms with Crippen LogP contribution in [0.5, 0.6) is 5.75 Å². The topological polar surface area (TPSA) is 42.4 Å². The van der Waals surface area contributed by atoms with Gasteiger partial charge < -0.3 is 9.84 Å². The quantitative estimate of drug-likeness (QED) is 0.445. The van der Waals surface area contributed by atoms with Crippen molar-refractivity contribution in [3.8, 4) is 5.75 Å². The van der Waals surface area contributed by atoms with Crippen LogP contribution in [0.3, 0.4) is 0 Å². The first-order chi connectivity index (χ1) is 15.7. The van der Waals surface area contributed by atoms with Crippen molar-refractivity contribution < 1.29 is 9.84 Å². The molecule has 1 N–H and O–H groups in total. The van der Waals surface area contributed by atoms with Crippen molar-refractivity contribution >= 4 is 0 Å². The van der Waals surface area contributed by atoms with Gasteiger partial charge in [0.15, 0.2) is 0 Å². The Morgan fingerprint density at radius 1 is 0.906 bits per heavy atom. The molecular weight excluding hydrogens is 394 g/mol.